The number of ether oxygens (including phenoxy) is 1. The van der Waals surface area contributed by atoms with Crippen LogP contribution in [0, 0.1) is 5.92 Å². The lowest BCUT2D eigenvalue weighted by atomic mass is 10.1. The van der Waals surface area contributed by atoms with E-state index in [2.05, 4.69) is 39.6 Å². The van der Waals surface area contributed by atoms with Crippen LogP contribution in [0.2, 0.25) is 0 Å². The van der Waals surface area contributed by atoms with Crippen LogP contribution >= 0.6 is 24.0 Å². The molecule has 0 aromatic heterocycles. The van der Waals surface area contributed by atoms with Gasteiger partial charge in [-0.05, 0) is 36.1 Å². The molecule has 1 heterocycles. The molecule has 0 radical (unpaired) electrons. The molecular weight excluding hydrogens is 527 g/mol. The number of hydrogen-bond acceptors (Lipinski definition) is 3. The first-order chi connectivity index (χ1) is 15.7. The average molecular weight is 565 g/mol. The van der Waals surface area contributed by atoms with Gasteiger partial charge in [-0.3, -0.25) is 9.79 Å². The lowest BCUT2D eigenvalue weighted by Gasteiger charge is -2.22. The lowest BCUT2D eigenvalue weighted by Crippen LogP contribution is -2.39. The minimum atomic E-state index is -0.00800. The van der Waals surface area contributed by atoms with E-state index in [1.165, 1.54) is 5.56 Å². The number of benzene rings is 2. The topological polar surface area (TPSA) is 66.0 Å². The highest BCUT2D eigenvalue weighted by molar-refractivity contribution is 14.0. The number of nitrogens with one attached hydrogen (secondary N) is 2. The summed E-state index contributed by atoms with van der Waals surface area (Å²) < 4.78 is 5.94. The molecular formula is C26H37IN4O2. The highest BCUT2D eigenvalue weighted by atomic mass is 127. The van der Waals surface area contributed by atoms with Gasteiger partial charge in [0.15, 0.2) is 5.96 Å². The van der Waals surface area contributed by atoms with Crippen LogP contribution in [0.15, 0.2) is 59.6 Å². The number of carbonyl (C=O) groups excluding carboxylic acids is 1. The van der Waals surface area contributed by atoms with Crippen molar-refractivity contribution >= 4 is 35.8 Å². The molecule has 6 nitrogen and oxygen atoms in total. The van der Waals surface area contributed by atoms with Gasteiger partial charge in [0.25, 0.3) is 5.91 Å². The number of aliphatic imine (C=N–C) groups is 1. The fourth-order valence-electron chi connectivity index (χ4n) is 3.85. The van der Waals surface area contributed by atoms with Crippen LogP contribution in [0.4, 0.5) is 0 Å². The smallest absolute Gasteiger partial charge is 0.251 e. The summed E-state index contributed by atoms with van der Waals surface area (Å²) in [7, 11) is 1.82. The predicted octanol–water partition coefficient (Wildman–Crippen LogP) is 4.45. The van der Waals surface area contributed by atoms with Crippen molar-refractivity contribution in [2.45, 2.75) is 39.3 Å². The molecule has 1 saturated heterocycles. The Morgan fingerprint density at radius 1 is 1.09 bits per heavy atom. The Labute approximate surface area is 215 Å². The van der Waals surface area contributed by atoms with Crippen LogP contribution < -0.4 is 10.6 Å². The molecule has 180 valence electrons. The fourth-order valence-corrected chi connectivity index (χ4v) is 3.85. The summed E-state index contributed by atoms with van der Waals surface area (Å²) in [5, 5.41) is 6.41. The third kappa shape index (κ3) is 8.97. The van der Waals surface area contributed by atoms with Crippen LogP contribution in [0.3, 0.4) is 0 Å². The molecule has 0 saturated carbocycles. The van der Waals surface area contributed by atoms with E-state index in [-0.39, 0.29) is 29.9 Å². The molecule has 1 atom stereocenters. The van der Waals surface area contributed by atoms with Gasteiger partial charge in [-0.25, -0.2) is 0 Å². The molecule has 0 spiro atoms. The second-order valence-electron chi connectivity index (χ2n) is 8.31. The van der Waals surface area contributed by atoms with Crippen molar-refractivity contribution < 1.29 is 9.53 Å². The molecule has 33 heavy (non-hydrogen) atoms. The van der Waals surface area contributed by atoms with Gasteiger partial charge in [-0.2, -0.15) is 0 Å². The molecule has 1 aliphatic rings. The predicted molar refractivity (Wildman–Crippen MR) is 145 cm³/mol. The average Bonchev–Trinajstić information content (AvgIpc) is 3.29. The summed E-state index contributed by atoms with van der Waals surface area (Å²) in [6.07, 6.45) is 3.19. The molecule has 2 N–H and O–H groups in total. The van der Waals surface area contributed by atoms with E-state index in [4.69, 9.17) is 4.74 Å². The zero-order valence-electron chi connectivity index (χ0n) is 19.8. The van der Waals surface area contributed by atoms with Crippen LogP contribution in [0.25, 0.3) is 0 Å². The Morgan fingerprint density at radius 3 is 2.55 bits per heavy atom. The Balaban J connectivity index is 0.00000385. The number of guanidine groups is 1. The molecule has 0 bridgehead atoms. The standard InChI is InChI=1S/C26H36N4O2.HI/c1-3-4-15-28-25(31)24-12-10-21(11-13-24)17-29-26(27-2)30-16-14-23(18-30)20-32-19-22-8-6-5-7-9-22;/h5-13,23H,3-4,14-20H2,1-2H3,(H,27,29)(H,28,31);1H. The highest BCUT2D eigenvalue weighted by Crippen LogP contribution is 2.17. The van der Waals surface area contributed by atoms with Gasteiger partial charge in [-0.15, -0.1) is 24.0 Å². The molecule has 1 fully saturated rings. The molecule has 1 amide bonds. The minimum absolute atomic E-state index is 0. The zero-order valence-corrected chi connectivity index (χ0v) is 22.1. The van der Waals surface area contributed by atoms with Crippen LogP contribution in [0.1, 0.15) is 47.7 Å². The van der Waals surface area contributed by atoms with Gasteiger partial charge in [0.1, 0.15) is 0 Å². The van der Waals surface area contributed by atoms with E-state index >= 15 is 0 Å². The van der Waals surface area contributed by atoms with E-state index in [0.29, 0.717) is 24.6 Å². The first kappa shape index (κ1) is 27.1. The van der Waals surface area contributed by atoms with Crippen molar-refractivity contribution in [2.24, 2.45) is 10.9 Å². The first-order valence-electron chi connectivity index (χ1n) is 11.6. The summed E-state index contributed by atoms with van der Waals surface area (Å²) in [4.78, 5) is 18.9. The summed E-state index contributed by atoms with van der Waals surface area (Å²) in [6, 6.07) is 18.1. The Hall–Kier alpha value is -2.13. The fraction of sp³-hybridized carbons (Fsp3) is 0.462. The lowest BCUT2D eigenvalue weighted by molar-refractivity contribution is 0.0906. The number of rotatable bonds is 10. The van der Waals surface area contributed by atoms with Gasteiger partial charge in [0.05, 0.1) is 13.2 Å². The molecule has 2 aromatic rings. The number of carbonyl (C=O) groups is 1. The van der Waals surface area contributed by atoms with Crippen LogP contribution in [0.5, 0.6) is 0 Å². The van der Waals surface area contributed by atoms with Crippen molar-refractivity contribution in [1.82, 2.24) is 15.5 Å². The van der Waals surface area contributed by atoms with Crippen molar-refractivity contribution in [3.8, 4) is 0 Å². The molecule has 0 aliphatic carbocycles. The third-order valence-electron chi connectivity index (χ3n) is 5.74. The van der Waals surface area contributed by atoms with E-state index in [1.54, 1.807) is 0 Å². The summed E-state index contributed by atoms with van der Waals surface area (Å²) >= 11 is 0. The van der Waals surface area contributed by atoms with Crippen LogP contribution in [-0.2, 0) is 17.9 Å². The summed E-state index contributed by atoms with van der Waals surface area (Å²) in [5.41, 5.74) is 3.04. The molecule has 1 unspecified atom stereocenters. The van der Waals surface area contributed by atoms with Gasteiger partial charge < -0.3 is 20.3 Å². The van der Waals surface area contributed by atoms with Gasteiger partial charge >= 0.3 is 0 Å². The van der Waals surface area contributed by atoms with Gasteiger partial charge in [-0.1, -0.05) is 55.8 Å². The van der Waals surface area contributed by atoms with E-state index < -0.39 is 0 Å². The van der Waals surface area contributed by atoms with Crippen molar-refractivity contribution in [2.75, 3.05) is 33.3 Å². The Bertz CT molecular complexity index is 858. The molecule has 7 heteroatoms. The monoisotopic (exact) mass is 564 g/mol. The van der Waals surface area contributed by atoms with E-state index in [9.17, 15) is 4.79 Å². The third-order valence-corrected chi connectivity index (χ3v) is 5.74. The normalized spacial score (nSPS) is 15.8. The largest absolute Gasteiger partial charge is 0.376 e. The minimum Gasteiger partial charge on any atom is -0.376 e. The van der Waals surface area contributed by atoms with Crippen molar-refractivity contribution in [1.29, 1.82) is 0 Å². The summed E-state index contributed by atoms with van der Waals surface area (Å²) in [5.74, 6) is 1.42. The second kappa shape index (κ2) is 14.9. The number of amides is 1. The van der Waals surface area contributed by atoms with Gasteiger partial charge in [0.2, 0.25) is 0 Å². The van der Waals surface area contributed by atoms with Crippen LogP contribution in [-0.4, -0.2) is 50.1 Å². The maximum absolute atomic E-state index is 12.1. The Morgan fingerprint density at radius 2 is 1.85 bits per heavy atom. The SMILES string of the molecule is CCCCNC(=O)c1ccc(CNC(=NC)N2CCC(COCc3ccccc3)C2)cc1.I. The van der Waals surface area contributed by atoms with Gasteiger partial charge in [0, 0.05) is 44.7 Å². The summed E-state index contributed by atoms with van der Waals surface area (Å²) in [6.45, 7) is 6.88. The molecule has 1 aliphatic heterocycles. The quantitative estimate of drug-likeness (QED) is 0.194. The molecule has 2 aromatic carbocycles. The number of unbranched alkanes of at least 4 members (excludes halogenated alkanes) is 1. The first-order valence-corrected chi connectivity index (χ1v) is 11.6. The number of hydrogen-bond donors (Lipinski definition) is 2. The van der Waals surface area contributed by atoms with E-state index in [1.807, 2.05) is 49.5 Å². The maximum Gasteiger partial charge on any atom is 0.251 e. The Kier molecular flexibility index (Phi) is 12.2. The molecule has 3 rings (SSSR count). The van der Waals surface area contributed by atoms with E-state index in [0.717, 1.165) is 57.0 Å². The zero-order chi connectivity index (χ0) is 22.6. The van der Waals surface area contributed by atoms with Crippen molar-refractivity contribution in [3.05, 3.63) is 71.3 Å². The number of halogens is 1. The van der Waals surface area contributed by atoms with Crippen molar-refractivity contribution in [3.63, 3.8) is 0 Å². The second-order valence-corrected chi connectivity index (χ2v) is 8.31. The number of likely N-dealkylation sites (tertiary alicyclic amines) is 1. The maximum atomic E-state index is 12.1. The number of nitrogens with zero attached hydrogens (tertiary/aromatic N) is 2. The highest BCUT2D eigenvalue weighted by Gasteiger charge is 2.25.